The molecule has 2 aromatic carbocycles. The molecule has 1 atom stereocenters. The summed E-state index contributed by atoms with van der Waals surface area (Å²) < 4.78 is 5.70. The number of hydrogen-bond acceptors (Lipinski definition) is 2. The number of ether oxygens (including phenoxy) is 1. The molecule has 0 aliphatic rings. The maximum absolute atomic E-state index is 12.5. The summed E-state index contributed by atoms with van der Waals surface area (Å²) in [6, 6.07) is 13.3. The van der Waals surface area contributed by atoms with Gasteiger partial charge >= 0.3 is 18.9 Å². The molecule has 2 nitrogen and oxygen atoms in total. The Morgan fingerprint density at radius 1 is 1.21 bits per heavy atom. The summed E-state index contributed by atoms with van der Waals surface area (Å²) in [6.45, 7) is 6.98. The summed E-state index contributed by atoms with van der Waals surface area (Å²) in [6.07, 6.45) is 1.04. The van der Waals surface area contributed by atoms with E-state index in [1.807, 2.05) is 43.3 Å². The van der Waals surface area contributed by atoms with E-state index in [-0.39, 0.29) is 34.4 Å². The summed E-state index contributed by atoms with van der Waals surface area (Å²) in [5, 5.41) is 1.52. The van der Waals surface area contributed by atoms with Crippen molar-refractivity contribution in [2.75, 3.05) is 6.61 Å². The van der Waals surface area contributed by atoms with Gasteiger partial charge in [-0.2, -0.15) is 0 Å². The molecule has 0 saturated heterocycles. The molecule has 124 valence electrons. The molecule has 0 aliphatic carbocycles. The van der Waals surface area contributed by atoms with Crippen LogP contribution in [0.2, 0.25) is 5.02 Å². The molecule has 2 aromatic rings. The maximum Gasteiger partial charge on any atom is 1.00 e. The zero-order valence-corrected chi connectivity index (χ0v) is 16.5. The van der Waals surface area contributed by atoms with Gasteiger partial charge in [0.05, 0.1) is 11.6 Å². The number of rotatable bonds is 7. The number of hydrogen-bond donors (Lipinski definition) is 0. The second kappa shape index (κ2) is 10.3. The molecule has 2 rings (SSSR count). The summed E-state index contributed by atoms with van der Waals surface area (Å²) in [7, 11) is 0.0643. The molecule has 1 unspecified atom stereocenters. The maximum atomic E-state index is 12.5. The molecule has 0 heterocycles. The van der Waals surface area contributed by atoms with E-state index in [1.54, 1.807) is 6.07 Å². The first-order chi connectivity index (χ1) is 11.0. The van der Waals surface area contributed by atoms with Crippen molar-refractivity contribution in [2.45, 2.75) is 27.2 Å². The van der Waals surface area contributed by atoms with Crippen LogP contribution in [0.1, 0.15) is 37.6 Å². The number of halogens is 1. The van der Waals surface area contributed by atoms with E-state index < -0.39 is 0 Å². The molecular weight excluding hydrogens is 334 g/mol. The first-order valence-corrected chi connectivity index (χ1v) is 9.14. The fourth-order valence-corrected chi connectivity index (χ4v) is 3.60. The van der Waals surface area contributed by atoms with E-state index in [4.69, 9.17) is 16.3 Å². The predicted octanol–water partition coefficient (Wildman–Crippen LogP) is 2.33. The largest absolute Gasteiger partial charge is 1.00 e. The standard InChI is InChI=1S/C19H22ClO2P.Li.H/c1-13(2)11-12-22-15-7-9-16(10-8-15)23-19(21)18-14(3)5-4-6-17(18)20;;/h4-10,13,23H,11-12H2,1-3H3;;/q;+1;-1. The van der Waals surface area contributed by atoms with Gasteiger partial charge in [-0.3, -0.25) is 4.79 Å². The third-order valence-corrected chi connectivity index (χ3v) is 4.94. The van der Waals surface area contributed by atoms with Gasteiger partial charge in [0, 0.05) is 5.56 Å². The van der Waals surface area contributed by atoms with E-state index in [0.717, 1.165) is 29.6 Å². The number of carbonyl (C=O) groups excluding carboxylic acids is 1. The van der Waals surface area contributed by atoms with E-state index in [0.29, 0.717) is 16.5 Å². The SMILES string of the molecule is Cc1cccc(Cl)c1C(=O)Pc1ccc(OCCC(C)C)cc1.[H-].[Li+]. The monoisotopic (exact) mass is 356 g/mol. The zero-order chi connectivity index (χ0) is 16.8. The van der Waals surface area contributed by atoms with Crippen LogP contribution in [0.5, 0.6) is 5.75 Å². The Labute approximate surface area is 164 Å². The van der Waals surface area contributed by atoms with E-state index in [1.165, 1.54) is 0 Å². The minimum absolute atomic E-state index is 0. The zero-order valence-electron chi connectivity index (χ0n) is 15.7. The molecule has 0 amide bonds. The molecule has 0 aromatic heterocycles. The third-order valence-electron chi connectivity index (χ3n) is 3.53. The van der Waals surface area contributed by atoms with Crippen molar-refractivity contribution in [3.63, 3.8) is 0 Å². The normalized spacial score (nSPS) is 10.9. The van der Waals surface area contributed by atoms with Crippen LogP contribution >= 0.6 is 20.2 Å². The number of aryl methyl sites for hydroxylation is 1. The Kier molecular flexibility index (Phi) is 9.10. The minimum Gasteiger partial charge on any atom is -1.00 e. The molecule has 0 saturated carbocycles. The van der Waals surface area contributed by atoms with Crippen LogP contribution in [0.3, 0.4) is 0 Å². The number of carbonyl (C=O) groups is 1. The topological polar surface area (TPSA) is 26.3 Å². The molecule has 24 heavy (non-hydrogen) atoms. The van der Waals surface area contributed by atoms with Gasteiger partial charge in [-0.05, 0) is 56.9 Å². The second-order valence-electron chi connectivity index (χ2n) is 5.94. The summed E-state index contributed by atoms with van der Waals surface area (Å²) in [5.41, 5.74) is 1.62. The van der Waals surface area contributed by atoms with Crippen LogP contribution < -0.4 is 28.9 Å². The van der Waals surface area contributed by atoms with Crippen LogP contribution in [0.15, 0.2) is 42.5 Å². The Morgan fingerprint density at radius 2 is 1.88 bits per heavy atom. The fourth-order valence-electron chi connectivity index (χ4n) is 2.16. The van der Waals surface area contributed by atoms with Crippen molar-refractivity contribution in [3.8, 4) is 5.75 Å². The quantitative estimate of drug-likeness (QED) is 0.562. The van der Waals surface area contributed by atoms with Gasteiger partial charge in [0.15, 0.2) is 5.52 Å². The molecule has 0 aliphatic heterocycles. The molecule has 0 spiro atoms. The second-order valence-corrected chi connectivity index (χ2v) is 7.63. The van der Waals surface area contributed by atoms with Gasteiger partial charge in [0.25, 0.3) is 0 Å². The number of benzene rings is 2. The molecular formula is C19H23ClLiO2P. The van der Waals surface area contributed by atoms with Gasteiger partial charge in [-0.1, -0.05) is 49.7 Å². The van der Waals surface area contributed by atoms with Crippen LogP contribution in [-0.2, 0) is 0 Å². The van der Waals surface area contributed by atoms with Crippen molar-refractivity contribution < 1.29 is 29.8 Å². The average Bonchev–Trinajstić information content (AvgIpc) is 2.48. The molecule has 0 fully saturated rings. The van der Waals surface area contributed by atoms with Gasteiger partial charge in [-0.25, -0.2) is 0 Å². The molecule has 0 radical (unpaired) electrons. The molecule has 0 N–H and O–H groups in total. The predicted molar refractivity (Wildman–Crippen MR) is 101 cm³/mol. The van der Waals surface area contributed by atoms with E-state index in [9.17, 15) is 4.79 Å². The fraction of sp³-hybridized carbons (Fsp3) is 0.316. The van der Waals surface area contributed by atoms with Gasteiger partial charge < -0.3 is 6.16 Å². The van der Waals surface area contributed by atoms with Crippen molar-refractivity contribution >= 4 is 31.0 Å². The first kappa shape index (κ1) is 21.3. The molecule has 5 heteroatoms. The van der Waals surface area contributed by atoms with Crippen LogP contribution in [-0.4, -0.2) is 12.1 Å². The first-order valence-electron chi connectivity index (χ1n) is 7.76. The van der Waals surface area contributed by atoms with Crippen molar-refractivity contribution in [1.82, 2.24) is 0 Å². The Hall–Kier alpha value is -0.773. The smallest absolute Gasteiger partial charge is 1.00 e. The van der Waals surface area contributed by atoms with E-state index in [2.05, 4.69) is 13.8 Å². The van der Waals surface area contributed by atoms with Crippen LogP contribution in [0.25, 0.3) is 0 Å². The molecule has 0 bridgehead atoms. The van der Waals surface area contributed by atoms with Crippen LogP contribution in [0.4, 0.5) is 0 Å². The van der Waals surface area contributed by atoms with Crippen molar-refractivity contribution in [1.29, 1.82) is 0 Å². The Balaban J connectivity index is 0.00000288. The third kappa shape index (κ3) is 6.27. The van der Waals surface area contributed by atoms with Gasteiger partial charge in [-0.15, -0.1) is 0 Å². The minimum atomic E-state index is 0. The van der Waals surface area contributed by atoms with E-state index >= 15 is 0 Å². The van der Waals surface area contributed by atoms with Gasteiger partial charge in [0.1, 0.15) is 5.75 Å². The summed E-state index contributed by atoms with van der Waals surface area (Å²) in [5.74, 6) is 1.48. The summed E-state index contributed by atoms with van der Waals surface area (Å²) in [4.78, 5) is 12.5. The van der Waals surface area contributed by atoms with Gasteiger partial charge in [0.2, 0.25) is 0 Å². The Bertz CT molecular complexity index is 657. The van der Waals surface area contributed by atoms with Crippen molar-refractivity contribution in [2.24, 2.45) is 5.92 Å². The Morgan fingerprint density at radius 3 is 2.46 bits per heavy atom. The summed E-state index contributed by atoms with van der Waals surface area (Å²) >= 11 is 6.16. The average molecular weight is 357 g/mol. The van der Waals surface area contributed by atoms with Crippen LogP contribution in [0, 0.1) is 12.8 Å². The van der Waals surface area contributed by atoms with Crippen molar-refractivity contribution in [3.05, 3.63) is 58.6 Å².